The Morgan fingerprint density at radius 3 is 2.23 bits per heavy atom. The van der Waals surface area contributed by atoms with Gasteiger partial charge in [0.1, 0.15) is 0 Å². The third-order valence-corrected chi connectivity index (χ3v) is 5.96. The van der Waals surface area contributed by atoms with Gasteiger partial charge in [-0.05, 0) is 39.3 Å². The molecule has 0 unspecified atom stereocenters. The number of ether oxygens (including phenoxy) is 1. The van der Waals surface area contributed by atoms with Gasteiger partial charge >= 0.3 is 5.97 Å². The summed E-state index contributed by atoms with van der Waals surface area (Å²) in [6.45, 7) is 18.0. The quantitative estimate of drug-likeness (QED) is 0.459. The van der Waals surface area contributed by atoms with Crippen LogP contribution in [0.25, 0.3) is 4.85 Å². The minimum Gasteiger partial charge on any atom is -0.465 e. The molecule has 1 aromatic carbocycles. The number of nitrogens with one attached hydrogen (secondary N) is 1. The summed E-state index contributed by atoms with van der Waals surface area (Å²) >= 11 is 0. The number of amides is 1. The van der Waals surface area contributed by atoms with Crippen molar-refractivity contribution in [2.45, 2.75) is 46.1 Å². The third kappa shape index (κ3) is 3.08. The molecule has 0 radical (unpaired) electrons. The van der Waals surface area contributed by atoms with E-state index in [9.17, 15) is 9.59 Å². The Labute approximate surface area is 155 Å². The lowest BCUT2D eigenvalue weighted by molar-refractivity contribution is -0.947. The first-order valence-electron chi connectivity index (χ1n) is 9.12. The number of carbonyl (C=O) groups excluding carboxylic acids is 2. The van der Waals surface area contributed by atoms with E-state index in [0.29, 0.717) is 16.9 Å². The monoisotopic (exact) mass is 358 g/mol. The second-order valence-corrected chi connectivity index (χ2v) is 6.87. The predicted molar refractivity (Wildman–Crippen MR) is 101 cm³/mol. The van der Waals surface area contributed by atoms with Crippen LogP contribution in [0.3, 0.4) is 0 Å². The molecule has 0 heterocycles. The maximum absolute atomic E-state index is 13.3. The summed E-state index contributed by atoms with van der Waals surface area (Å²) in [7, 11) is 1.29. The Morgan fingerprint density at radius 1 is 1.23 bits per heavy atom. The number of benzene rings is 1. The lowest BCUT2D eigenvalue weighted by atomic mass is 10.0. The summed E-state index contributed by atoms with van der Waals surface area (Å²) in [5.74, 6) is -0.604. The number of methoxy groups -OCH3 is 1. The van der Waals surface area contributed by atoms with Gasteiger partial charge in [0.25, 0.3) is 5.91 Å². The zero-order chi connectivity index (χ0) is 19.5. The van der Waals surface area contributed by atoms with Crippen LogP contribution in [0.4, 0.5) is 11.4 Å². The van der Waals surface area contributed by atoms with Crippen molar-refractivity contribution in [3.05, 3.63) is 34.7 Å². The van der Waals surface area contributed by atoms with Crippen molar-refractivity contribution in [2.75, 3.05) is 32.1 Å². The Bertz CT molecular complexity index is 748. The van der Waals surface area contributed by atoms with Crippen LogP contribution in [-0.2, 0) is 9.53 Å². The first-order valence-corrected chi connectivity index (χ1v) is 9.12. The van der Waals surface area contributed by atoms with Gasteiger partial charge in [0.15, 0.2) is 11.2 Å². The van der Waals surface area contributed by atoms with E-state index in [0.717, 1.165) is 37.0 Å². The Hall–Kier alpha value is -2.39. The molecule has 1 saturated carbocycles. The van der Waals surface area contributed by atoms with E-state index in [2.05, 4.69) is 30.9 Å². The van der Waals surface area contributed by atoms with Gasteiger partial charge in [0.05, 0.1) is 44.6 Å². The van der Waals surface area contributed by atoms with Crippen LogP contribution in [0.2, 0.25) is 0 Å². The summed E-state index contributed by atoms with van der Waals surface area (Å²) in [6.07, 6.45) is 1.70. The summed E-state index contributed by atoms with van der Waals surface area (Å²) in [4.78, 5) is 28.8. The molecule has 140 valence electrons. The smallest absolute Gasteiger partial charge is 0.338 e. The van der Waals surface area contributed by atoms with E-state index in [1.807, 2.05) is 0 Å². The molecule has 1 aromatic rings. The number of nitrogens with zero attached hydrogens (tertiary/aromatic N) is 2. The molecule has 6 heteroatoms. The van der Waals surface area contributed by atoms with Crippen LogP contribution in [0.1, 0.15) is 49.5 Å². The zero-order valence-electron chi connectivity index (χ0n) is 16.3. The SMILES string of the molecule is [C-]#[N+]c1cc(C)c(NC(=O)C2([N+](CC)(CC)CC)CC2)c(C(=O)OC)c1. The molecule has 1 N–H and O–H groups in total. The normalized spacial score (nSPS) is 15.1. The molecule has 0 saturated heterocycles. The summed E-state index contributed by atoms with van der Waals surface area (Å²) in [6, 6.07) is 3.15. The minimum absolute atomic E-state index is 0.0492. The molecular weight excluding hydrogens is 330 g/mol. The van der Waals surface area contributed by atoms with Crippen molar-refractivity contribution >= 4 is 23.3 Å². The number of hydrogen-bond donors (Lipinski definition) is 1. The van der Waals surface area contributed by atoms with Gasteiger partial charge in [-0.25, -0.2) is 9.64 Å². The topological polar surface area (TPSA) is 59.8 Å². The number of rotatable bonds is 7. The fraction of sp³-hybridized carbons (Fsp3) is 0.550. The van der Waals surface area contributed by atoms with E-state index in [1.54, 1.807) is 13.0 Å². The van der Waals surface area contributed by atoms with Crippen LogP contribution in [-0.4, -0.2) is 48.6 Å². The second-order valence-electron chi connectivity index (χ2n) is 6.87. The molecule has 0 aromatic heterocycles. The van der Waals surface area contributed by atoms with Gasteiger partial charge in [-0.3, -0.25) is 4.79 Å². The Kier molecular flexibility index (Phi) is 5.72. The number of carbonyl (C=O) groups is 2. The van der Waals surface area contributed by atoms with Gasteiger partial charge < -0.3 is 14.5 Å². The molecule has 0 bridgehead atoms. The molecule has 1 amide bonds. The molecular formula is C20H28N3O3+. The number of anilines is 1. The molecule has 1 aliphatic rings. The molecule has 0 spiro atoms. The van der Waals surface area contributed by atoms with Gasteiger partial charge in [-0.2, -0.15) is 0 Å². The van der Waals surface area contributed by atoms with Crippen molar-refractivity contribution in [3.63, 3.8) is 0 Å². The summed E-state index contributed by atoms with van der Waals surface area (Å²) in [5.41, 5.74) is 1.27. The molecule has 6 nitrogen and oxygen atoms in total. The average Bonchev–Trinajstić information content (AvgIpc) is 3.46. The Balaban J connectivity index is 2.44. The van der Waals surface area contributed by atoms with E-state index in [4.69, 9.17) is 11.3 Å². The van der Waals surface area contributed by atoms with Crippen molar-refractivity contribution in [3.8, 4) is 0 Å². The number of likely N-dealkylation sites (N-methyl/N-ethyl adjacent to an activating group) is 1. The van der Waals surface area contributed by atoms with Crippen LogP contribution in [0.5, 0.6) is 0 Å². The molecule has 0 atom stereocenters. The first kappa shape index (κ1) is 19.9. The number of quaternary nitrogens is 1. The van der Waals surface area contributed by atoms with E-state index in [1.165, 1.54) is 13.2 Å². The fourth-order valence-corrected chi connectivity index (χ4v) is 4.11. The van der Waals surface area contributed by atoms with Crippen LogP contribution in [0, 0.1) is 13.5 Å². The van der Waals surface area contributed by atoms with E-state index in [-0.39, 0.29) is 11.5 Å². The van der Waals surface area contributed by atoms with Gasteiger partial charge in [0.2, 0.25) is 0 Å². The highest BCUT2D eigenvalue weighted by molar-refractivity contribution is 6.06. The summed E-state index contributed by atoms with van der Waals surface area (Å²) in [5, 5.41) is 3.00. The van der Waals surface area contributed by atoms with Crippen LogP contribution < -0.4 is 5.32 Å². The van der Waals surface area contributed by atoms with E-state index >= 15 is 0 Å². The lowest BCUT2D eigenvalue weighted by Gasteiger charge is -2.43. The number of esters is 1. The standard InChI is InChI=1S/C20H27N3O3/c1-7-23(8-2,9-3)20(10-11-20)19(25)22-17-14(4)12-15(21-5)13-16(17)18(24)26-6/h12-13H,7-11H2,1-4,6H3/p+1. The van der Waals surface area contributed by atoms with Gasteiger partial charge in [0, 0.05) is 12.8 Å². The maximum atomic E-state index is 13.3. The van der Waals surface area contributed by atoms with Crippen molar-refractivity contribution < 1.29 is 18.8 Å². The minimum atomic E-state index is -0.555. The van der Waals surface area contributed by atoms with Crippen LogP contribution >= 0.6 is 0 Å². The average molecular weight is 358 g/mol. The highest BCUT2D eigenvalue weighted by atomic mass is 16.5. The first-order chi connectivity index (χ1) is 12.3. The molecule has 1 fully saturated rings. The third-order valence-electron chi connectivity index (χ3n) is 5.96. The lowest BCUT2D eigenvalue weighted by Crippen LogP contribution is -2.61. The van der Waals surface area contributed by atoms with Gasteiger partial charge in [-0.1, -0.05) is 6.07 Å². The van der Waals surface area contributed by atoms with E-state index < -0.39 is 11.5 Å². The zero-order valence-corrected chi connectivity index (χ0v) is 16.3. The summed E-state index contributed by atoms with van der Waals surface area (Å²) < 4.78 is 5.59. The van der Waals surface area contributed by atoms with Crippen molar-refractivity contribution in [2.24, 2.45) is 0 Å². The molecule has 1 aliphatic carbocycles. The largest absolute Gasteiger partial charge is 0.465 e. The fourth-order valence-electron chi connectivity index (χ4n) is 4.11. The number of aryl methyl sites for hydroxylation is 1. The highest BCUT2D eigenvalue weighted by Gasteiger charge is 2.64. The van der Waals surface area contributed by atoms with Crippen molar-refractivity contribution in [1.29, 1.82) is 0 Å². The Morgan fingerprint density at radius 2 is 1.81 bits per heavy atom. The molecule has 2 rings (SSSR count). The van der Waals surface area contributed by atoms with Crippen LogP contribution in [0.15, 0.2) is 12.1 Å². The predicted octanol–water partition coefficient (Wildman–Crippen LogP) is 3.68. The molecule has 0 aliphatic heterocycles. The maximum Gasteiger partial charge on any atom is 0.338 e. The second kappa shape index (κ2) is 7.46. The van der Waals surface area contributed by atoms with Crippen molar-refractivity contribution in [1.82, 2.24) is 0 Å². The highest BCUT2D eigenvalue weighted by Crippen LogP contribution is 2.48. The molecule has 26 heavy (non-hydrogen) atoms. The van der Waals surface area contributed by atoms with Gasteiger partial charge in [-0.15, -0.1) is 0 Å². The number of hydrogen-bond acceptors (Lipinski definition) is 3.